The second-order valence-corrected chi connectivity index (χ2v) is 8.82. The van der Waals surface area contributed by atoms with E-state index in [1.165, 1.54) is 6.07 Å². The predicted octanol–water partition coefficient (Wildman–Crippen LogP) is 5.39. The Bertz CT molecular complexity index is 1150. The van der Waals surface area contributed by atoms with Crippen molar-refractivity contribution in [1.29, 1.82) is 0 Å². The van der Waals surface area contributed by atoms with Crippen LogP contribution in [-0.2, 0) is 4.79 Å². The molecular weight excluding hydrogens is 415 g/mol. The highest BCUT2D eigenvalue weighted by Gasteiger charge is 2.49. The normalized spacial score (nSPS) is 19.0. The number of piperidine rings is 1. The molecule has 0 radical (unpaired) electrons. The van der Waals surface area contributed by atoms with E-state index in [1.807, 2.05) is 6.07 Å². The van der Waals surface area contributed by atoms with E-state index in [-0.39, 0.29) is 23.3 Å². The van der Waals surface area contributed by atoms with Gasteiger partial charge in [-0.05, 0) is 93.1 Å². The molecule has 3 aromatic rings. The Morgan fingerprint density at radius 2 is 1.69 bits per heavy atom. The van der Waals surface area contributed by atoms with Gasteiger partial charge >= 0.3 is 0 Å². The van der Waals surface area contributed by atoms with Crippen molar-refractivity contribution < 1.29 is 18.0 Å². The first-order chi connectivity index (χ1) is 15.4. The van der Waals surface area contributed by atoms with Crippen LogP contribution in [0.3, 0.4) is 0 Å². The van der Waals surface area contributed by atoms with E-state index in [4.69, 9.17) is 0 Å². The number of rotatable bonds is 4. The summed E-state index contributed by atoms with van der Waals surface area (Å²) in [6.07, 6.45) is 5.86. The van der Waals surface area contributed by atoms with Gasteiger partial charge in [-0.25, -0.2) is 13.2 Å². The summed E-state index contributed by atoms with van der Waals surface area (Å²) in [6.45, 7) is 1.46. The average molecular weight is 439 g/mol. The maximum Gasteiger partial charge on any atom is 0.244 e. The summed E-state index contributed by atoms with van der Waals surface area (Å²) in [4.78, 5) is 19.7. The summed E-state index contributed by atoms with van der Waals surface area (Å²) in [5, 5.41) is 3.57. The number of amides is 1. The molecule has 1 saturated carbocycles. The van der Waals surface area contributed by atoms with Gasteiger partial charge < -0.3 is 5.32 Å². The van der Waals surface area contributed by atoms with Gasteiger partial charge in [0.1, 0.15) is 23.0 Å². The Hall–Kier alpha value is -2.93. The Kier molecular flexibility index (Phi) is 5.37. The van der Waals surface area contributed by atoms with E-state index in [0.717, 1.165) is 79.9 Å². The van der Waals surface area contributed by atoms with Gasteiger partial charge in [-0.2, -0.15) is 0 Å². The van der Waals surface area contributed by atoms with Gasteiger partial charge in [0.25, 0.3) is 0 Å². The molecule has 2 aliphatic rings. The van der Waals surface area contributed by atoms with Crippen LogP contribution >= 0.6 is 0 Å². The molecule has 1 aromatic heterocycles. The molecule has 5 rings (SSSR count). The van der Waals surface area contributed by atoms with Gasteiger partial charge in [-0.3, -0.25) is 14.7 Å². The predicted molar refractivity (Wildman–Crippen MR) is 117 cm³/mol. The number of carbonyl (C=O) groups is 1. The minimum Gasteiger partial charge on any atom is -0.324 e. The molecule has 0 spiro atoms. The molecule has 2 heterocycles. The standard InChI is InChI=1S/C25H24F3N3O/c26-17-2-3-23-22(15-17)21(4-9-29-23)16-5-10-31(11-6-16)25(7-1-8-25)24(32)30-20-13-18(27)12-19(28)14-20/h2-4,9,12-16H,1,5-8,10-11H2,(H,30,32). The van der Waals surface area contributed by atoms with Crippen LogP contribution in [0.1, 0.15) is 43.6 Å². The number of pyridine rings is 1. The summed E-state index contributed by atoms with van der Waals surface area (Å²) in [5.41, 5.74) is 1.37. The van der Waals surface area contributed by atoms with Crippen molar-refractivity contribution in [3.8, 4) is 0 Å². The number of anilines is 1. The molecule has 1 N–H and O–H groups in total. The molecule has 1 amide bonds. The van der Waals surface area contributed by atoms with Gasteiger partial charge in [-0.1, -0.05) is 0 Å². The van der Waals surface area contributed by atoms with E-state index in [9.17, 15) is 18.0 Å². The number of nitrogens with zero attached hydrogens (tertiary/aromatic N) is 2. The zero-order valence-corrected chi connectivity index (χ0v) is 17.6. The topological polar surface area (TPSA) is 45.2 Å². The second kappa shape index (κ2) is 8.20. The largest absolute Gasteiger partial charge is 0.324 e. The summed E-state index contributed by atoms with van der Waals surface area (Å²) >= 11 is 0. The fraction of sp³-hybridized carbons (Fsp3) is 0.360. The highest BCUT2D eigenvalue weighted by Crippen LogP contribution is 2.43. The molecule has 166 valence electrons. The molecule has 2 aromatic carbocycles. The van der Waals surface area contributed by atoms with Crippen LogP contribution in [0.4, 0.5) is 18.9 Å². The molecule has 2 fully saturated rings. The van der Waals surface area contributed by atoms with Crippen LogP contribution < -0.4 is 5.32 Å². The van der Waals surface area contributed by atoms with Crippen molar-refractivity contribution in [1.82, 2.24) is 9.88 Å². The van der Waals surface area contributed by atoms with Crippen molar-refractivity contribution in [3.05, 3.63) is 71.7 Å². The maximum atomic E-state index is 13.8. The van der Waals surface area contributed by atoms with Crippen molar-refractivity contribution in [2.75, 3.05) is 18.4 Å². The van der Waals surface area contributed by atoms with Gasteiger partial charge in [0.15, 0.2) is 0 Å². The molecule has 1 aliphatic carbocycles. The molecule has 0 atom stereocenters. The highest BCUT2D eigenvalue weighted by molar-refractivity contribution is 5.98. The van der Waals surface area contributed by atoms with Crippen LogP contribution in [0.15, 0.2) is 48.7 Å². The fourth-order valence-corrected chi connectivity index (χ4v) is 5.19. The van der Waals surface area contributed by atoms with Crippen molar-refractivity contribution in [2.45, 2.75) is 43.6 Å². The van der Waals surface area contributed by atoms with E-state index in [2.05, 4.69) is 15.2 Å². The zero-order chi connectivity index (χ0) is 22.3. The van der Waals surface area contributed by atoms with E-state index in [1.54, 1.807) is 18.3 Å². The van der Waals surface area contributed by atoms with Crippen LogP contribution in [0.5, 0.6) is 0 Å². The minimum absolute atomic E-state index is 0.138. The third kappa shape index (κ3) is 3.75. The van der Waals surface area contributed by atoms with Crippen LogP contribution in [0.2, 0.25) is 0 Å². The SMILES string of the molecule is O=C(Nc1cc(F)cc(F)c1)C1(N2CCC(c3ccnc4ccc(F)cc34)CC2)CCC1. The maximum absolute atomic E-state index is 13.8. The van der Waals surface area contributed by atoms with Gasteiger partial charge in [-0.15, -0.1) is 0 Å². The number of carbonyl (C=O) groups excluding carboxylic acids is 1. The molecule has 32 heavy (non-hydrogen) atoms. The Morgan fingerprint density at radius 1 is 0.969 bits per heavy atom. The number of benzene rings is 2. The van der Waals surface area contributed by atoms with Gasteiger partial charge in [0.05, 0.1) is 5.52 Å². The first-order valence-electron chi connectivity index (χ1n) is 11.0. The number of nitrogens with one attached hydrogen (secondary N) is 1. The number of fused-ring (bicyclic) bond motifs is 1. The van der Waals surface area contributed by atoms with E-state index >= 15 is 0 Å². The smallest absolute Gasteiger partial charge is 0.244 e. The van der Waals surface area contributed by atoms with Crippen molar-refractivity contribution >= 4 is 22.5 Å². The molecule has 0 unspecified atom stereocenters. The minimum atomic E-state index is -0.718. The van der Waals surface area contributed by atoms with Crippen LogP contribution in [0.25, 0.3) is 10.9 Å². The van der Waals surface area contributed by atoms with Crippen molar-refractivity contribution in [3.63, 3.8) is 0 Å². The first kappa shape index (κ1) is 20.9. The summed E-state index contributed by atoms with van der Waals surface area (Å²) in [5.74, 6) is -1.66. The van der Waals surface area contributed by atoms with Crippen LogP contribution in [-0.4, -0.2) is 34.4 Å². The first-order valence-corrected chi connectivity index (χ1v) is 11.0. The van der Waals surface area contributed by atoms with E-state index in [0.29, 0.717) is 0 Å². The molecule has 0 bridgehead atoms. The Labute approximate surface area is 184 Å². The van der Waals surface area contributed by atoms with Crippen LogP contribution in [0, 0.1) is 17.5 Å². The average Bonchev–Trinajstić information content (AvgIpc) is 2.72. The lowest BCUT2D eigenvalue weighted by Crippen LogP contribution is -2.62. The molecular formula is C25H24F3N3O. The fourth-order valence-electron chi connectivity index (χ4n) is 5.19. The second-order valence-electron chi connectivity index (χ2n) is 8.82. The zero-order valence-electron chi connectivity index (χ0n) is 17.6. The quantitative estimate of drug-likeness (QED) is 0.593. The van der Waals surface area contributed by atoms with Gasteiger partial charge in [0, 0.05) is 23.3 Å². The molecule has 4 nitrogen and oxygen atoms in total. The highest BCUT2D eigenvalue weighted by atomic mass is 19.1. The van der Waals surface area contributed by atoms with Crippen molar-refractivity contribution in [2.24, 2.45) is 0 Å². The lowest BCUT2D eigenvalue weighted by Gasteiger charge is -2.51. The summed E-state index contributed by atoms with van der Waals surface area (Å²) in [6, 6.07) is 9.68. The third-order valence-corrected chi connectivity index (χ3v) is 7.00. The number of hydrogen-bond acceptors (Lipinski definition) is 3. The molecule has 7 heteroatoms. The number of likely N-dealkylation sites (tertiary alicyclic amines) is 1. The molecule has 1 saturated heterocycles. The Morgan fingerprint density at radius 3 is 2.34 bits per heavy atom. The third-order valence-electron chi connectivity index (χ3n) is 7.00. The van der Waals surface area contributed by atoms with Gasteiger partial charge in [0.2, 0.25) is 5.91 Å². The van der Waals surface area contributed by atoms with E-state index < -0.39 is 17.2 Å². The lowest BCUT2D eigenvalue weighted by molar-refractivity contribution is -0.135. The molecule has 1 aliphatic heterocycles. The number of aromatic nitrogens is 1. The monoisotopic (exact) mass is 439 g/mol. The summed E-state index contributed by atoms with van der Waals surface area (Å²) in [7, 11) is 0. The lowest BCUT2D eigenvalue weighted by atomic mass is 9.72. The Balaban J connectivity index is 1.32. The summed E-state index contributed by atoms with van der Waals surface area (Å²) < 4.78 is 40.9. The number of hydrogen-bond donors (Lipinski definition) is 1. The number of halogens is 3.